The van der Waals surface area contributed by atoms with Gasteiger partial charge in [-0.1, -0.05) is 6.58 Å². The molecule has 0 bridgehead atoms. The van der Waals surface area contributed by atoms with Crippen molar-refractivity contribution in [2.24, 2.45) is 0 Å². The first-order chi connectivity index (χ1) is 3.64. The topological polar surface area (TPSA) is 3.01 Å². The Bertz CT molecular complexity index is 144. The van der Waals surface area contributed by atoms with Gasteiger partial charge in [0.25, 0.3) is 0 Å². The third-order valence-electron chi connectivity index (χ3n) is 1.35. The molecule has 1 aliphatic rings. The van der Waals surface area contributed by atoms with E-state index in [1.807, 2.05) is 0 Å². The Morgan fingerprint density at radius 1 is 1.00 bits per heavy atom. The smallest absolute Gasteiger partial charge is 0.167 e. The summed E-state index contributed by atoms with van der Waals surface area (Å²) >= 11 is 0. The number of rotatable bonds is 0. The van der Waals surface area contributed by atoms with Gasteiger partial charge in [0.15, 0.2) is 0 Å². The Morgan fingerprint density at radius 3 is 1.50 bits per heavy atom. The van der Waals surface area contributed by atoms with Crippen LogP contribution < -0.4 is 0 Å². The van der Waals surface area contributed by atoms with Crippen molar-refractivity contribution in [1.29, 1.82) is 0 Å². The molecule has 1 saturated heterocycles. The third kappa shape index (κ3) is 0.334. The molecule has 1 fully saturated rings. The van der Waals surface area contributed by atoms with E-state index in [0.717, 1.165) is 17.0 Å². The van der Waals surface area contributed by atoms with Crippen LogP contribution in [0.25, 0.3) is 0 Å². The zero-order chi connectivity index (χ0) is 6.31. The van der Waals surface area contributed by atoms with Gasteiger partial charge >= 0.3 is 0 Å². The second-order valence-corrected chi connectivity index (χ2v) is 1.80. The van der Waals surface area contributed by atoms with E-state index in [1.54, 1.807) is 4.58 Å². The minimum atomic E-state index is 0.870. The Hall–Kier alpha value is -1.11. The molecule has 0 amide bonds. The molecule has 40 valence electrons. The zero-order valence-corrected chi connectivity index (χ0v) is 4.78. The lowest BCUT2D eigenvalue weighted by Crippen LogP contribution is -2.22. The summed E-state index contributed by atoms with van der Waals surface area (Å²) < 4.78 is 1.67. The molecule has 0 spiro atoms. The lowest BCUT2D eigenvalue weighted by molar-refractivity contribution is -0.437. The van der Waals surface area contributed by atoms with E-state index in [1.165, 1.54) is 0 Å². The van der Waals surface area contributed by atoms with Crippen LogP contribution in [0.15, 0.2) is 36.7 Å². The zero-order valence-electron chi connectivity index (χ0n) is 4.78. The quantitative estimate of drug-likeness (QED) is 0.409. The molecule has 1 heteroatoms. The highest BCUT2D eigenvalue weighted by Crippen LogP contribution is 2.28. The van der Waals surface area contributed by atoms with Crippen LogP contribution in [-0.2, 0) is 0 Å². The third-order valence-corrected chi connectivity index (χ3v) is 1.35. The molecular weight excluding hydrogens is 98.1 g/mol. The molecule has 0 aliphatic carbocycles. The molecule has 1 aliphatic heterocycles. The summed E-state index contributed by atoms with van der Waals surface area (Å²) in [5, 5.41) is 0. The standard InChI is InChI=1S/C7H8N/c1-5-6(2)8(4)7(5)3/h1-4H2/q+1. The number of hydrogen-bond donors (Lipinski definition) is 0. The molecule has 8 heavy (non-hydrogen) atoms. The first-order valence-electron chi connectivity index (χ1n) is 2.32. The number of nitrogens with zero attached hydrogens (tertiary/aromatic N) is 1. The molecule has 0 aromatic carbocycles. The molecular formula is C7H8N+. The van der Waals surface area contributed by atoms with E-state index in [4.69, 9.17) is 0 Å². The van der Waals surface area contributed by atoms with Crippen LogP contribution in [0.2, 0.25) is 0 Å². The van der Waals surface area contributed by atoms with Gasteiger partial charge in [-0.05, 0) is 13.2 Å². The first kappa shape index (κ1) is 5.04. The minimum Gasteiger partial charge on any atom is -0.167 e. The van der Waals surface area contributed by atoms with Crippen LogP contribution >= 0.6 is 0 Å². The van der Waals surface area contributed by atoms with Crippen molar-refractivity contribution in [3.05, 3.63) is 36.7 Å². The summed E-state index contributed by atoms with van der Waals surface area (Å²) in [7, 11) is 0. The van der Waals surface area contributed by atoms with E-state index in [0.29, 0.717) is 0 Å². The maximum absolute atomic E-state index is 3.69. The summed E-state index contributed by atoms with van der Waals surface area (Å²) in [6, 6.07) is 0. The SMILES string of the molecule is C=C1C(=C)[N+](=C)C1=C. The van der Waals surface area contributed by atoms with Crippen LogP contribution in [0.5, 0.6) is 0 Å². The molecule has 0 aromatic heterocycles. The fourth-order valence-corrected chi connectivity index (χ4v) is 0.602. The van der Waals surface area contributed by atoms with Gasteiger partial charge in [0.2, 0.25) is 11.4 Å². The van der Waals surface area contributed by atoms with Gasteiger partial charge in [-0.15, -0.1) is 0 Å². The second kappa shape index (κ2) is 1.19. The van der Waals surface area contributed by atoms with Crippen molar-refractivity contribution in [3.8, 4) is 0 Å². The van der Waals surface area contributed by atoms with Crippen LogP contribution in [-0.4, -0.2) is 11.3 Å². The monoisotopic (exact) mass is 106 g/mol. The molecule has 0 N–H and O–H groups in total. The van der Waals surface area contributed by atoms with Crippen molar-refractivity contribution in [3.63, 3.8) is 0 Å². The predicted molar refractivity (Wildman–Crippen MR) is 34.8 cm³/mol. The normalized spacial score (nSPS) is 19.0. The van der Waals surface area contributed by atoms with E-state index in [9.17, 15) is 0 Å². The van der Waals surface area contributed by atoms with Gasteiger partial charge in [0.05, 0.1) is 0 Å². The summed E-state index contributed by atoms with van der Waals surface area (Å²) in [4.78, 5) is 0. The van der Waals surface area contributed by atoms with Crippen molar-refractivity contribution < 1.29 is 4.58 Å². The fraction of sp³-hybridized carbons (Fsp3) is 0. The van der Waals surface area contributed by atoms with Crippen LogP contribution in [0.4, 0.5) is 0 Å². The first-order valence-corrected chi connectivity index (χ1v) is 2.32. The van der Waals surface area contributed by atoms with Crippen molar-refractivity contribution in [2.45, 2.75) is 0 Å². The fourth-order valence-electron chi connectivity index (χ4n) is 0.602. The van der Waals surface area contributed by atoms with Gasteiger partial charge in [-0.2, -0.15) is 4.58 Å². The van der Waals surface area contributed by atoms with Gasteiger partial charge in [-0.3, -0.25) is 0 Å². The predicted octanol–water partition coefficient (Wildman–Crippen LogP) is 1.30. The molecule has 0 unspecified atom stereocenters. The largest absolute Gasteiger partial charge is 0.216 e. The van der Waals surface area contributed by atoms with E-state index < -0.39 is 0 Å². The highest BCUT2D eigenvalue weighted by molar-refractivity contribution is 5.46. The molecule has 1 rings (SSSR count). The van der Waals surface area contributed by atoms with Crippen molar-refractivity contribution in [1.82, 2.24) is 0 Å². The van der Waals surface area contributed by atoms with Crippen molar-refractivity contribution in [2.75, 3.05) is 0 Å². The maximum Gasteiger partial charge on any atom is 0.216 e. The maximum atomic E-state index is 3.69. The summed E-state index contributed by atoms with van der Waals surface area (Å²) in [6.07, 6.45) is 0. The molecule has 1 heterocycles. The van der Waals surface area contributed by atoms with Crippen LogP contribution in [0.3, 0.4) is 0 Å². The summed E-state index contributed by atoms with van der Waals surface area (Å²) in [6.45, 7) is 14.7. The molecule has 1 nitrogen and oxygen atoms in total. The van der Waals surface area contributed by atoms with Gasteiger partial charge in [0.1, 0.15) is 12.3 Å². The van der Waals surface area contributed by atoms with E-state index in [-0.39, 0.29) is 0 Å². The van der Waals surface area contributed by atoms with Gasteiger partial charge in [-0.25, -0.2) is 0 Å². The average Bonchev–Trinajstić information content (AvgIpc) is 1.83. The highest BCUT2D eigenvalue weighted by atomic mass is 15.1. The number of hydrogen-bond acceptors (Lipinski definition) is 0. The average molecular weight is 106 g/mol. The Labute approximate surface area is 49.0 Å². The Kier molecular flexibility index (Phi) is 0.747. The lowest BCUT2D eigenvalue weighted by Gasteiger charge is -2.15. The van der Waals surface area contributed by atoms with E-state index >= 15 is 0 Å². The summed E-state index contributed by atoms with van der Waals surface area (Å²) in [5.74, 6) is 0. The summed E-state index contributed by atoms with van der Waals surface area (Å²) in [5.41, 5.74) is 2.66. The van der Waals surface area contributed by atoms with Gasteiger partial charge < -0.3 is 0 Å². The second-order valence-electron chi connectivity index (χ2n) is 1.80. The lowest BCUT2D eigenvalue weighted by atomic mass is 10.0. The minimum absolute atomic E-state index is 0.870. The molecule has 0 aromatic rings. The Balaban J connectivity index is 3.00. The molecule has 0 saturated carbocycles. The highest BCUT2D eigenvalue weighted by Gasteiger charge is 2.32. The Morgan fingerprint density at radius 2 is 1.38 bits per heavy atom. The molecule has 0 atom stereocenters. The van der Waals surface area contributed by atoms with Crippen LogP contribution in [0.1, 0.15) is 0 Å². The van der Waals surface area contributed by atoms with Crippen LogP contribution in [0, 0.1) is 0 Å². The van der Waals surface area contributed by atoms with Crippen molar-refractivity contribution >= 4 is 6.72 Å². The molecule has 0 radical (unpaired) electrons. The van der Waals surface area contributed by atoms with E-state index in [2.05, 4.69) is 26.5 Å². The van der Waals surface area contributed by atoms with Gasteiger partial charge in [0, 0.05) is 0 Å².